The van der Waals surface area contributed by atoms with Gasteiger partial charge >= 0.3 is 0 Å². The van der Waals surface area contributed by atoms with E-state index in [0.717, 1.165) is 36.0 Å². The normalized spacial score (nSPS) is 14.9. The number of carbonyl (C=O) groups excluding carboxylic acids is 1. The number of rotatable bonds is 5. The molecule has 2 N–H and O–H groups in total. The van der Waals surface area contributed by atoms with Crippen molar-refractivity contribution in [3.63, 3.8) is 0 Å². The molecule has 2 aromatic heterocycles. The zero-order valence-corrected chi connectivity index (χ0v) is 16.5. The van der Waals surface area contributed by atoms with Gasteiger partial charge in [0.15, 0.2) is 5.82 Å². The monoisotopic (exact) mass is 383 g/mol. The van der Waals surface area contributed by atoms with Gasteiger partial charge in [0.05, 0.1) is 6.54 Å². The second-order valence-corrected chi connectivity index (χ2v) is 7.16. The van der Waals surface area contributed by atoms with Crippen LogP contribution in [0.5, 0.6) is 0 Å². The molecular formula is C19H25N7O2. The molecule has 1 saturated heterocycles. The number of piperazine rings is 1. The maximum absolute atomic E-state index is 12.6. The molecule has 0 aromatic carbocycles. The summed E-state index contributed by atoms with van der Waals surface area (Å²) in [5.74, 6) is 1.67. The van der Waals surface area contributed by atoms with Gasteiger partial charge in [-0.2, -0.15) is 10.4 Å². The third-order valence-corrected chi connectivity index (χ3v) is 5.24. The predicted molar refractivity (Wildman–Crippen MR) is 103 cm³/mol. The van der Waals surface area contributed by atoms with E-state index in [1.807, 2.05) is 17.9 Å². The van der Waals surface area contributed by atoms with Gasteiger partial charge in [0, 0.05) is 38.3 Å². The number of nitrogens with one attached hydrogen (secondary N) is 2. The van der Waals surface area contributed by atoms with Crippen LogP contribution in [0.15, 0.2) is 4.79 Å². The number of aryl methyl sites for hydroxylation is 2. The molecule has 148 valence electrons. The summed E-state index contributed by atoms with van der Waals surface area (Å²) in [6, 6.07) is 1.95. The highest BCUT2D eigenvalue weighted by molar-refractivity contribution is 5.76. The Morgan fingerprint density at radius 3 is 2.54 bits per heavy atom. The van der Waals surface area contributed by atoms with Gasteiger partial charge in [-0.05, 0) is 38.3 Å². The van der Waals surface area contributed by atoms with Gasteiger partial charge in [-0.15, -0.1) is 0 Å². The lowest BCUT2D eigenvalue weighted by molar-refractivity contribution is -0.133. The molecule has 0 spiro atoms. The Bertz CT molecular complexity index is 962. The number of H-pyrrole nitrogens is 2. The van der Waals surface area contributed by atoms with Crippen molar-refractivity contribution in [1.29, 1.82) is 5.26 Å². The molecule has 0 aliphatic carbocycles. The van der Waals surface area contributed by atoms with E-state index >= 15 is 0 Å². The van der Waals surface area contributed by atoms with E-state index < -0.39 is 0 Å². The molecule has 0 atom stereocenters. The lowest BCUT2D eigenvalue weighted by Gasteiger charge is -2.34. The fourth-order valence-corrected chi connectivity index (χ4v) is 3.63. The Morgan fingerprint density at radius 2 is 1.93 bits per heavy atom. The Kier molecular flexibility index (Phi) is 5.90. The van der Waals surface area contributed by atoms with Crippen molar-refractivity contribution in [2.45, 2.75) is 40.2 Å². The van der Waals surface area contributed by atoms with Crippen LogP contribution in [0.1, 0.15) is 40.5 Å². The van der Waals surface area contributed by atoms with E-state index in [1.54, 1.807) is 13.8 Å². The molecule has 1 aliphatic heterocycles. The van der Waals surface area contributed by atoms with E-state index in [1.165, 1.54) is 0 Å². The van der Waals surface area contributed by atoms with Crippen molar-refractivity contribution in [1.82, 2.24) is 30.0 Å². The smallest absolute Gasteiger partial charge is 0.266 e. The van der Waals surface area contributed by atoms with E-state index in [2.05, 4.69) is 25.1 Å². The molecule has 1 amide bonds. The van der Waals surface area contributed by atoms with Crippen molar-refractivity contribution in [2.24, 2.45) is 0 Å². The van der Waals surface area contributed by atoms with Crippen molar-refractivity contribution >= 4 is 5.91 Å². The molecular weight excluding hydrogens is 358 g/mol. The maximum atomic E-state index is 12.6. The number of hydrogen-bond donors (Lipinski definition) is 2. The molecule has 0 bridgehead atoms. The van der Waals surface area contributed by atoms with E-state index in [0.29, 0.717) is 38.0 Å². The second-order valence-electron chi connectivity index (χ2n) is 7.16. The first-order valence-corrected chi connectivity index (χ1v) is 9.39. The van der Waals surface area contributed by atoms with Crippen LogP contribution in [-0.2, 0) is 17.8 Å². The van der Waals surface area contributed by atoms with Gasteiger partial charge in [0.25, 0.3) is 5.56 Å². The number of nitrogens with zero attached hydrogens (tertiary/aromatic N) is 5. The van der Waals surface area contributed by atoms with Crippen molar-refractivity contribution < 1.29 is 4.79 Å². The van der Waals surface area contributed by atoms with Crippen LogP contribution in [0.3, 0.4) is 0 Å². The average Bonchev–Trinajstić information content (AvgIpc) is 3.06. The lowest BCUT2D eigenvalue weighted by atomic mass is 9.99. The summed E-state index contributed by atoms with van der Waals surface area (Å²) in [5, 5.41) is 16.2. The first-order valence-electron chi connectivity index (χ1n) is 9.39. The summed E-state index contributed by atoms with van der Waals surface area (Å²) < 4.78 is 0. The van der Waals surface area contributed by atoms with Gasteiger partial charge in [0.1, 0.15) is 17.5 Å². The number of aromatic amines is 2. The van der Waals surface area contributed by atoms with Crippen molar-refractivity contribution in [2.75, 3.05) is 26.2 Å². The lowest BCUT2D eigenvalue weighted by Crippen LogP contribution is -2.48. The fraction of sp³-hybridized carbons (Fsp3) is 0.526. The van der Waals surface area contributed by atoms with Crippen LogP contribution >= 0.6 is 0 Å². The Hall–Kier alpha value is -2.99. The zero-order chi connectivity index (χ0) is 20.3. The van der Waals surface area contributed by atoms with Crippen molar-refractivity contribution in [3.8, 4) is 6.07 Å². The van der Waals surface area contributed by atoms with Crippen molar-refractivity contribution in [3.05, 3.63) is 44.4 Å². The minimum absolute atomic E-state index is 0.0943. The summed E-state index contributed by atoms with van der Waals surface area (Å²) >= 11 is 0. The molecule has 9 nitrogen and oxygen atoms in total. The summed E-state index contributed by atoms with van der Waals surface area (Å²) in [7, 11) is 0. The number of amides is 1. The van der Waals surface area contributed by atoms with Crippen LogP contribution < -0.4 is 5.56 Å². The standard InChI is InChI=1S/C19H25N7O2/c1-12-15(13(2)21-19(28)16(12)10-20)4-5-18(27)26-8-6-25(7-9-26)11-17-22-14(3)23-24-17/h4-9,11H2,1-3H3,(H,21,28)(H,22,23,24). The summed E-state index contributed by atoms with van der Waals surface area (Å²) in [5.41, 5.74) is 2.03. The highest BCUT2D eigenvalue weighted by Gasteiger charge is 2.22. The predicted octanol–water partition coefficient (Wildman–Crippen LogP) is 0.567. The molecule has 2 aromatic rings. The van der Waals surface area contributed by atoms with E-state index in [4.69, 9.17) is 5.26 Å². The van der Waals surface area contributed by atoms with E-state index in [-0.39, 0.29) is 17.0 Å². The number of pyridine rings is 1. The zero-order valence-electron chi connectivity index (χ0n) is 16.5. The third-order valence-electron chi connectivity index (χ3n) is 5.24. The van der Waals surface area contributed by atoms with Crippen LogP contribution in [0.2, 0.25) is 0 Å². The topological polar surface area (TPSA) is 122 Å². The molecule has 1 fully saturated rings. The van der Waals surface area contributed by atoms with Gasteiger partial charge in [0.2, 0.25) is 5.91 Å². The number of carbonyl (C=O) groups is 1. The fourth-order valence-electron chi connectivity index (χ4n) is 3.63. The molecule has 0 saturated carbocycles. The molecule has 3 rings (SSSR count). The second kappa shape index (κ2) is 8.35. The molecule has 0 radical (unpaired) electrons. The van der Waals surface area contributed by atoms with Crippen LogP contribution in [0.4, 0.5) is 0 Å². The highest BCUT2D eigenvalue weighted by Crippen LogP contribution is 2.16. The first kappa shape index (κ1) is 19.8. The largest absolute Gasteiger partial charge is 0.340 e. The van der Waals surface area contributed by atoms with Gasteiger partial charge in [-0.25, -0.2) is 4.98 Å². The Morgan fingerprint density at radius 1 is 1.21 bits per heavy atom. The number of nitriles is 1. The number of aromatic nitrogens is 4. The molecule has 28 heavy (non-hydrogen) atoms. The highest BCUT2D eigenvalue weighted by atomic mass is 16.2. The van der Waals surface area contributed by atoms with Gasteiger partial charge in [-0.1, -0.05) is 0 Å². The molecule has 3 heterocycles. The minimum atomic E-state index is -0.370. The summed E-state index contributed by atoms with van der Waals surface area (Å²) in [4.78, 5) is 35.6. The minimum Gasteiger partial charge on any atom is -0.340 e. The third kappa shape index (κ3) is 4.28. The Balaban J connectivity index is 1.54. The van der Waals surface area contributed by atoms with Gasteiger partial charge < -0.3 is 9.88 Å². The van der Waals surface area contributed by atoms with Crippen LogP contribution in [-0.4, -0.2) is 62.1 Å². The van der Waals surface area contributed by atoms with E-state index in [9.17, 15) is 9.59 Å². The maximum Gasteiger partial charge on any atom is 0.266 e. The summed E-state index contributed by atoms with van der Waals surface area (Å²) in [6.45, 7) is 9.05. The molecule has 9 heteroatoms. The van der Waals surface area contributed by atoms with Crippen LogP contribution in [0, 0.1) is 32.1 Å². The molecule has 0 unspecified atom stereocenters. The first-order chi connectivity index (χ1) is 13.4. The summed E-state index contributed by atoms with van der Waals surface area (Å²) in [6.07, 6.45) is 0.872. The Labute approximate surface area is 163 Å². The molecule has 1 aliphatic rings. The van der Waals surface area contributed by atoms with Gasteiger partial charge in [-0.3, -0.25) is 19.6 Å². The SMILES string of the molecule is Cc1nc(CN2CCN(C(=O)CCc3c(C)[nH]c(=O)c(C#N)c3C)CC2)n[nH]1. The average molecular weight is 383 g/mol. The van der Waals surface area contributed by atoms with Crippen LogP contribution in [0.25, 0.3) is 0 Å². The quantitative estimate of drug-likeness (QED) is 0.778. The number of hydrogen-bond acceptors (Lipinski definition) is 6.